The third kappa shape index (κ3) is 3.97. The summed E-state index contributed by atoms with van der Waals surface area (Å²) in [5.74, 6) is 0.106. The largest absolute Gasteiger partial charge is 0.465 e. The lowest BCUT2D eigenvalue weighted by Crippen LogP contribution is -2.16. The number of carbonyl (C=O) groups excluding carboxylic acids is 2. The molecule has 30 heavy (non-hydrogen) atoms. The summed E-state index contributed by atoms with van der Waals surface area (Å²) in [6, 6.07) is 14.7. The van der Waals surface area contributed by atoms with Crippen LogP contribution >= 0.6 is 0 Å². The number of aromatic nitrogens is 3. The normalized spacial score (nSPS) is 11.1. The molecule has 0 spiro atoms. The molecule has 0 aliphatic heterocycles. The minimum atomic E-state index is -0.588. The zero-order valence-corrected chi connectivity index (χ0v) is 16.1. The zero-order chi connectivity index (χ0) is 20.9. The molecule has 1 amide bonds. The number of para-hydroxylation sites is 1. The average Bonchev–Trinajstić information content (AvgIpc) is 3.42. The fourth-order valence-corrected chi connectivity index (χ4v) is 2.88. The third-order valence-corrected chi connectivity index (χ3v) is 4.25. The number of hydrogen-bond donors (Lipinski definition) is 1. The van der Waals surface area contributed by atoms with Gasteiger partial charge in [0.25, 0.3) is 0 Å². The van der Waals surface area contributed by atoms with Gasteiger partial charge in [0.1, 0.15) is 11.3 Å². The molecule has 3 aromatic heterocycles. The number of nitrogens with one attached hydrogen (secondary N) is 1. The Morgan fingerprint density at radius 3 is 2.83 bits per heavy atom. The van der Waals surface area contributed by atoms with Crippen LogP contribution in [0.5, 0.6) is 0 Å². The first-order valence-corrected chi connectivity index (χ1v) is 9.29. The second-order valence-corrected chi connectivity index (χ2v) is 6.24. The highest BCUT2D eigenvalue weighted by molar-refractivity contribution is 6.05. The number of benzene rings is 1. The van der Waals surface area contributed by atoms with Gasteiger partial charge in [-0.05, 0) is 43.3 Å². The lowest BCUT2D eigenvalue weighted by atomic mass is 10.2. The molecule has 0 aliphatic carbocycles. The number of amides is 1. The smallest absolute Gasteiger partial charge is 0.343 e. The molecule has 4 rings (SSSR count). The molecular formula is C22H18N4O4. The highest BCUT2D eigenvalue weighted by Gasteiger charge is 2.21. The third-order valence-electron chi connectivity index (χ3n) is 4.25. The van der Waals surface area contributed by atoms with Crippen LogP contribution in [-0.4, -0.2) is 33.2 Å². The summed E-state index contributed by atoms with van der Waals surface area (Å²) in [4.78, 5) is 29.4. The van der Waals surface area contributed by atoms with E-state index < -0.39 is 11.9 Å². The number of anilines is 1. The van der Waals surface area contributed by atoms with Crippen molar-refractivity contribution >= 4 is 34.7 Å². The topological polar surface area (TPSA) is 99.2 Å². The van der Waals surface area contributed by atoms with Crippen LogP contribution in [0.3, 0.4) is 0 Å². The summed E-state index contributed by atoms with van der Waals surface area (Å²) in [5.41, 5.74) is 0.893. The van der Waals surface area contributed by atoms with E-state index in [0.29, 0.717) is 11.6 Å². The number of furan rings is 1. The monoisotopic (exact) mass is 402 g/mol. The van der Waals surface area contributed by atoms with E-state index in [2.05, 4.69) is 15.4 Å². The van der Waals surface area contributed by atoms with E-state index >= 15 is 0 Å². The maximum absolute atomic E-state index is 12.5. The highest BCUT2D eigenvalue weighted by Crippen LogP contribution is 2.22. The van der Waals surface area contributed by atoms with Gasteiger partial charge in [0.05, 0.1) is 24.6 Å². The average molecular weight is 402 g/mol. The minimum Gasteiger partial charge on any atom is -0.465 e. The molecule has 0 atom stereocenters. The molecule has 8 heteroatoms. The maximum Gasteiger partial charge on any atom is 0.343 e. The number of rotatable bonds is 6. The summed E-state index contributed by atoms with van der Waals surface area (Å²) in [5, 5.41) is 7.92. The Morgan fingerprint density at radius 2 is 2.03 bits per heavy atom. The van der Waals surface area contributed by atoms with Gasteiger partial charge >= 0.3 is 5.97 Å². The van der Waals surface area contributed by atoms with Crippen molar-refractivity contribution in [2.45, 2.75) is 6.92 Å². The number of fused-ring (bicyclic) bond motifs is 1. The molecule has 0 radical (unpaired) electrons. The van der Waals surface area contributed by atoms with Crippen molar-refractivity contribution in [3.05, 3.63) is 78.4 Å². The Labute approximate surface area is 171 Å². The number of carbonyl (C=O) groups is 2. The van der Waals surface area contributed by atoms with Crippen LogP contribution in [0.15, 0.2) is 71.5 Å². The Hall–Kier alpha value is -4.20. The standard InChI is InChI=1S/C22H18N4O4/c1-2-29-22(28)17-14-23-26(19-11-9-15-6-3-4-8-18(15)24-19)21(17)25-20(27)12-10-16-7-5-13-30-16/h3-14H,2H2,1H3,(H,25,27)/b12-10+. The molecule has 150 valence electrons. The lowest BCUT2D eigenvalue weighted by molar-refractivity contribution is -0.111. The van der Waals surface area contributed by atoms with E-state index in [1.807, 2.05) is 30.3 Å². The van der Waals surface area contributed by atoms with Gasteiger partial charge in [0, 0.05) is 11.5 Å². The van der Waals surface area contributed by atoms with Crippen molar-refractivity contribution in [1.29, 1.82) is 0 Å². The Bertz CT molecular complexity index is 1230. The van der Waals surface area contributed by atoms with Gasteiger partial charge < -0.3 is 14.5 Å². The molecule has 0 unspecified atom stereocenters. The molecule has 8 nitrogen and oxygen atoms in total. The van der Waals surface area contributed by atoms with Crippen molar-refractivity contribution in [1.82, 2.24) is 14.8 Å². The van der Waals surface area contributed by atoms with Crippen LogP contribution < -0.4 is 5.32 Å². The van der Waals surface area contributed by atoms with Crippen LogP contribution in [0.25, 0.3) is 22.8 Å². The Kier molecular flexibility index (Phi) is 5.38. The first-order chi connectivity index (χ1) is 14.7. The lowest BCUT2D eigenvalue weighted by Gasteiger charge is -2.10. The molecular weight excluding hydrogens is 384 g/mol. The van der Waals surface area contributed by atoms with Crippen LogP contribution in [0, 0.1) is 0 Å². The van der Waals surface area contributed by atoms with Gasteiger partial charge in [-0.15, -0.1) is 0 Å². The van der Waals surface area contributed by atoms with E-state index in [0.717, 1.165) is 10.9 Å². The van der Waals surface area contributed by atoms with Crippen molar-refractivity contribution < 1.29 is 18.7 Å². The van der Waals surface area contributed by atoms with Gasteiger partial charge in [-0.25, -0.2) is 9.78 Å². The molecule has 0 saturated heterocycles. The molecule has 4 aromatic rings. The van der Waals surface area contributed by atoms with Crippen molar-refractivity contribution in [2.75, 3.05) is 11.9 Å². The van der Waals surface area contributed by atoms with Crippen LogP contribution in [0.1, 0.15) is 23.0 Å². The van der Waals surface area contributed by atoms with Gasteiger partial charge in [0.2, 0.25) is 5.91 Å². The zero-order valence-electron chi connectivity index (χ0n) is 16.1. The number of nitrogens with zero attached hydrogens (tertiary/aromatic N) is 3. The quantitative estimate of drug-likeness (QED) is 0.389. The number of pyridine rings is 1. The van der Waals surface area contributed by atoms with E-state index in [1.165, 1.54) is 29.3 Å². The maximum atomic E-state index is 12.5. The Balaban J connectivity index is 1.71. The molecule has 3 heterocycles. The summed E-state index contributed by atoms with van der Waals surface area (Å²) >= 11 is 0. The fourth-order valence-electron chi connectivity index (χ4n) is 2.88. The molecule has 1 N–H and O–H groups in total. The summed E-state index contributed by atoms with van der Waals surface area (Å²) in [6.07, 6.45) is 5.69. The molecule has 1 aromatic carbocycles. The summed E-state index contributed by atoms with van der Waals surface area (Å²) in [7, 11) is 0. The first kappa shape index (κ1) is 19.1. The second-order valence-electron chi connectivity index (χ2n) is 6.24. The minimum absolute atomic E-state index is 0.131. The van der Waals surface area contributed by atoms with Crippen molar-refractivity contribution in [3.8, 4) is 5.82 Å². The van der Waals surface area contributed by atoms with Gasteiger partial charge in [-0.3, -0.25) is 4.79 Å². The number of hydrogen-bond acceptors (Lipinski definition) is 6. The van der Waals surface area contributed by atoms with E-state index in [9.17, 15) is 9.59 Å². The van der Waals surface area contributed by atoms with Crippen LogP contribution in [0.4, 0.5) is 5.82 Å². The van der Waals surface area contributed by atoms with E-state index in [1.54, 1.807) is 25.1 Å². The molecule has 0 saturated carbocycles. The van der Waals surface area contributed by atoms with Gasteiger partial charge in [-0.2, -0.15) is 9.78 Å². The van der Waals surface area contributed by atoms with Gasteiger partial charge in [-0.1, -0.05) is 18.2 Å². The second kappa shape index (κ2) is 8.44. The highest BCUT2D eigenvalue weighted by atomic mass is 16.5. The molecule has 0 aliphatic rings. The molecule has 0 bridgehead atoms. The first-order valence-electron chi connectivity index (χ1n) is 9.29. The Morgan fingerprint density at radius 1 is 1.17 bits per heavy atom. The SMILES string of the molecule is CCOC(=O)c1cnn(-c2ccc3ccccc3n2)c1NC(=O)/C=C/c1ccco1. The van der Waals surface area contributed by atoms with Gasteiger partial charge in [0.15, 0.2) is 11.6 Å². The summed E-state index contributed by atoms with van der Waals surface area (Å²) < 4.78 is 11.7. The van der Waals surface area contributed by atoms with Crippen LogP contribution in [0.2, 0.25) is 0 Å². The molecule has 0 fully saturated rings. The summed E-state index contributed by atoms with van der Waals surface area (Å²) in [6.45, 7) is 1.90. The predicted molar refractivity (Wildman–Crippen MR) is 111 cm³/mol. The fraction of sp³-hybridized carbons (Fsp3) is 0.0909. The number of ether oxygens (including phenoxy) is 1. The van der Waals surface area contributed by atoms with Crippen molar-refractivity contribution in [2.24, 2.45) is 0 Å². The van der Waals surface area contributed by atoms with E-state index in [4.69, 9.17) is 9.15 Å². The number of esters is 1. The van der Waals surface area contributed by atoms with Crippen LogP contribution in [-0.2, 0) is 9.53 Å². The predicted octanol–water partition coefficient (Wildman–Crippen LogP) is 3.84. The van der Waals surface area contributed by atoms with E-state index in [-0.39, 0.29) is 18.0 Å². The van der Waals surface area contributed by atoms with Crippen molar-refractivity contribution in [3.63, 3.8) is 0 Å².